The molecule has 0 radical (unpaired) electrons. The summed E-state index contributed by atoms with van der Waals surface area (Å²) in [5.41, 5.74) is -0.00467. The number of methoxy groups -OCH3 is 1. The van der Waals surface area contributed by atoms with Gasteiger partial charge in [-0.05, 0) is 18.3 Å². The van der Waals surface area contributed by atoms with Crippen molar-refractivity contribution in [2.45, 2.75) is 40.0 Å². The summed E-state index contributed by atoms with van der Waals surface area (Å²) >= 11 is 0. The second-order valence-electron chi connectivity index (χ2n) is 5.94. The Morgan fingerprint density at radius 3 is 2.53 bits per heavy atom. The molecule has 0 aromatic carbocycles. The lowest BCUT2D eigenvalue weighted by Crippen LogP contribution is -2.43. The van der Waals surface area contributed by atoms with E-state index >= 15 is 0 Å². The van der Waals surface area contributed by atoms with Gasteiger partial charge in [-0.15, -0.1) is 0 Å². The molecule has 1 amide bonds. The van der Waals surface area contributed by atoms with Crippen LogP contribution < -0.4 is 0 Å². The first kappa shape index (κ1) is 14.0. The Bertz CT molecular complexity index is 294. The number of esters is 1. The third-order valence-corrected chi connectivity index (χ3v) is 2.99. The molecule has 1 fully saturated rings. The fourth-order valence-corrected chi connectivity index (χ4v) is 2.13. The summed E-state index contributed by atoms with van der Waals surface area (Å²) in [6, 6.07) is 0. The fraction of sp³-hybridized carbons (Fsp3) is 0.846. The van der Waals surface area contributed by atoms with Crippen molar-refractivity contribution in [3.63, 3.8) is 0 Å². The highest BCUT2D eigenvalue weighted by atomic mass is 16.5. The molecule has 4 nitrogen and oxygen atoms in total. The number of amides is 1. The predicted molar refractivity (Wildman–Crippen MR) is 65.4 cm³/mol. The van der Waals surface area contributed by atoms with E-state index in [0.717, 1.165) is 19.4 Å². The first-order valence-electron chi connectivity index (χ1n) is 6.19. The molecule has 4 heteroatoms. The lowest BCUT2D eigenvalue weighted by atomic mass is 9.90. The Hall–Kier alpha value is -1.06. The van der Waals surface area contributed by atoms with E-state index in [1.165, 1.54) is 7.11 Å². The molecule has 0 N–H and O–H groups in total. The minimum absolute atomic E-state index is 0.00467. The highest BCUT2D eigenvalue weighted by molar-refractivity contribution is 5.79. The van der Waals surface area contributed by atoms with E-state index < -0.39 is 0 Å². The van der Waals surface area contributed by atoms with E-state index in [9.17, 15) is 9.59 Å². The Labute approximate surface area is 103 Å². The van der Waals surface area contributed by atoms with Gasteiger partial charge in [0.2, 0.25) is 5.91 Å². The average molecular weight is 241 g/mol. The highest BCUT2D eigenvalue weighted by Crippen LogP contribution is 2.23. The molecule has 1 heterocycles. The van der Waals surface area contributed by atoms with Crippen LogP contribution in [0.2, 0.25) is 0 Å². The lowest BCUT2D eigenvalue weighted by molar-refractivity contribution is -0.149. The number of hydrogen-bond acceptors (Lipinski definition) is 3. The van der Waals surface area contributed by atoms with Gasteiger partial charge in [-0.1, -0.05) is 20.8 Å². The molecule has 17 heavy (non-hydrogen) atoms. The number of likely N-dealkylation sites (tertiary alicyclic amines) is 1. The molecular formula is C13H23NO3. The van der Waals surface area contributed by atoms with Crippen LogP contribution in [0.15, 0.2) is 0 Å². The van der Waals surface area contributed by atoms with Gasteiger partial charge in [0, 0.05) is 19.5 Å². The first-order valence-corrected chi connectivity index (χ1v) is 6.19. The van der Waals surface area contributed by atoms with Crippen molar-refractivity contribution in [1.82, 2.24) is 4.90 Å². The maximum Gasteiger partial charge on any atom is 0.310 e. The van der Waals surface area contributed by atoms with Gasteiger partial charge in [0.1, 0.15) is 0 Å². The van der Waals surface area contributed by atoms with Crippen molar-refractivity contribution in [3.05, 3.63) is 0 Å². The molecular weight excluding hydrogens is 218 g/mol. The van der Waals surface area contributed by atoms with E-state index in [2.05, 4.69) is 0 Å². The zero-order valence-corrected chi connectivity index (χ0v) is 11.3. The number of ether oxygens (including phenoxy) is 1. The predicted octanol–water partition coefficient (Wildman–Crippen LogP) is 1.83. The van der Waals surface area contributed by atoms with Crippen molar-refractivity contribution < 1.29 is 14.3 Å². The van der Waals surface area contributed by atoms with Crippen LogP contribution in [0, 0.1) is 11.3 Å². The molecule has 0 aromatic heterocycles. The molecule has 1 aliphatic rings. The smallest absolute Gasteiger partial charge is 0.310 e. The molecule has 1 atom stereocenters. The molecule has 0 aliphatic carbocycles. The van der Waals surface area contributed by atoms with Crippen molar-refractivity contribution in [3.8, 4) is 0 Å². The molecule has 98 valence electrons. The van der Waals surface area contributed by atoms with Crippen molar-refractivity contribution in [2.24, 2.45) is 11.3 Å². The summed E-state index contributed by atoms with van der Waals surface area (Å²) in [6.07, 6.45) is 2.24. The zero-order valence-electron chi connectivity index (χ0n) is 11.3. The number of rotatable bonds is 2. The topological polar surface area (TPSA) is 46.6 Å². The SMILES string of the molecule is COC(=O)C1CCCN(C(=O)CC(C)(C)C)C1. The molecule has 1 unspecified atom stereocenters. The third-order valence-electron chi connectivity index (χ3n) is 2.99. The normalized spacial score (nSPS) is 21.2. The quantitative estimate of drug-likeness (QED) is 0.693. The van der Waals surface area contributed by atoms with E-state index in [1.54, 1.807) is 4.90 Å². The van der Waals surface area contributed by atoms with Gasteiger partial charge in [0.25, 0.3) is 0 Å². The van der Waals surface area contributed by atoms with Gasteiger partial charge in [-0.3, -0.25) is 9.59 Å². The van der Waals surface area contributed by atoms with E-state index in [1.807, 2.05) is 20.8 Å². The maximum atomic E-state index is 12.0. The van der Waals surface area contributed by atoms with Gasteiger partial charge in [0.15, 0.2) is 0 Å². The molecule has 1 rings (SSSR count). The molecule has 1 aliphatic heterocycles. The first-order chi connectivity index (χ1) is 7.83. The van der Waals surface area contributed by atoms with Crippen LogP contribution in [0.3, 0.4) is 0 Å². The molecule has 0 saturated carbocycles. The van der Waals surface area contributed by atoms with Gasteiger partial charge < -0.3 is 9.64 Å². The van der Waals surface area contributed by atoms with Gasteiger partial charge in [-0.25, -0.2) is 0 Å². The van der Waals surface area contributed by atoms with Crippen LogP contribution in [0.4, 0.5) is 0 Å². The fourth-order valence-electron chi connectivity index (χ4n) is 2.13. The maximum absolute atomic E-state index is 12.0. The van der Waals surface area contributed by atoms with Crippen LogP contribution >= 0.6 is 0 Å². The van der Waals surface area contributed by atoms with Crippen molar-refractivity contribution >= 4 is 11.9 Å². The Kier molecular flexibility index (Phi) is 4.54. The summed E-state index contributed by atoms with van der Waals surface area (Å²) in [7, 11) is 1.40. The van der Waals surface area contributed by atoms with E-state index in [-0.39, 0.29) is 23.2 Å². The Morgan fingerprint density at radius 2 is 2.00 bits per heavy atom. The summed E-state index contributed by atoms with van der Waals surface area (Å²) in [4.78, 5) is 25.3. The Balaban J connectivity index is 2.55. The number of carbonyl (C=O) groups is 2. The second kappa shape index (κ2) is 5.52. The average Bonchev–Trinajstić information content (AvgIpc) is 2.26. The van der Waals surface area contributed by atoms with Crippen molar-refractivity contribution in [2.75, 3.05) is 20.2 Å². The molecule has 0 bridgehead atoms. The highest BCUT2D eigenvalue weighted by Gasteiger charge is 2.30. The molecule has 0 aromatic rings. The van der Waals surface area contributed by atoms with Crippen LogP contribution in [0.25, 0.3) is 0 Å². The summed E-state index contributed by atoms with van der Waals surface area (Å²) in [6.45, 7) is 7.43. The van der Waals surface area contributed by atoms with Crippen LogP contribution in [-0.4, -0.2) is 37.0 Å². The number of piperidine rings is 1. The lowest BCUT2D eigenvalue weighted by Gasteiger charge is -2.33. The van der Waals surface area contributed by atoms with Crippen LogP contribution in [0.5, 0.6) is 0 Å². The minimum Gasteiger partial charge on any atom is -0.469 e. The number of hydrogen-bond donors (Lipinski definition) is 0. The van der Waals surface area contributed by atoms with E-state index in [0.29, 0.717) is 13.0 Å². The van der Waals surface area contributed by atoms with Crippen LogP contribution in [-0.2, 0) is 14.3 Å². The summed E-state index contributed by atoms with van der Waals surface area (Å²) in [5, 5.41) is 0. The van der Waals surface area contributed by atoms with Crippen LogP contribution in [0.1, 0.15) is 40.0 Å². The van der Waals surface area contributed by atoms with Gasteiger partial charge >= 0.3 is 5.97 Å². The van der Waals surface area contributed by atoms with Gasteiger partial charge in [-0.2, -0.15) is 0 Å². The molecule has 1 saturated heterocycles. The standard InChI is InChI=1S/C13H23NO3/c1-13(2,3)8-11(15)14-7-5-6-10(9-14)12(16)17-4/h10H,5-9H2,1-4H3. The number of nitrogens with zero attached hydrogens (tertiary/aromatic N) is 1. The zero-order chi connectivity index (χ0) is 13.1. The third kappa shape index (κ3) is 4.36. The van der Waals surface area contributed by atoms with E-state index in [4.69, 9.17) is 4.74 Å². The summed E-state index contributed by atoms with van der Waals surface area (Å²) in [5.74, 6) is -0.193. The largest absolute Gasteiger partial charge is 0.469 e. The summed E-state index contributed by atoms with van der Waals surface area (Å²) < 4.78 is 4.74. The monoisotopic (exact) mass is 241 g/mol. The van der Waals surface area contributed by atoms with Crippen molar-refractivity contribution in [1.29, 1.82) is 0 Å². The molecule has 0 spiro atoms. The minimum atomic E-state index is -0.196. The Morgan fingerprint density at radius 1 is 1.35 bits per heavy atom. The second-order valence-corrected chi connectivity index (χ2v) is 5.94. The number of carbonyl (C=O) groups excluding carboxylic acids is 2. The van der Waals surface area contributed by atoms with Gasteiger partial charge in [0.05, 0.1) is 13.0 Å².